The first-order chi connectivity index (χ1) is 3.48. The zero-order valence-corrected chi connectivity index (χ0v) is 4.34. The maximum Gasteiger partial charge on any atom is 0.428 e. The molecule has 0 amide bonds. The van der Waals surface area contributed by atoms with Crippen LogP contribution in [0.1, 0.15) is 13.3 Å². The maximum absolute atomic E-state index is 11.2. The van der Waals surface area contributed by atoms with Gasteiger partial charge in [0.2, 0.25) is 0 Å². The fraction of sp³-hybridized carbons (Fsp3) is 0.750. The molecule has 0 spiro atoms. The van der Waals surface area contributed by atoms with E-state index in [9.17, 15) is 13.2 Å². The fourth-order valence-electron chi connectivity index (χ4n) is 0.200. The van der Waals surface area contributed by atoms with E-state index in [1.807, 2.05) is 0 Å². The predicted molar refractivity (Wildman–Crippen MR) is 24.1 cm³/mol. The molecular formula is C4H6F3N. The molecule has 0 bridgehead atoms. The van der Waals surface area contributed by atoms with Crippen molar-refractivity contribution in [3.05, 3.63) is 0 Å². The van der Waals surface area contributed by atoms with Gasteiger partial charge >= 0.3 is 6.18 Å². The van der Waals surface area contributed by atoms with Crippen LogP contribution in [0.5, 0.6) is 0 Å². The van der Waals surface area contributed by atoms with Gasteiger partial charge in [-0.1, -0.05) is 6.92 Å². The first kappa shape index (κ1) is 7.46. The standard InChI is InChI=1S/C4H6F3N/c1-2-3(8)4(5,6)7/h8H,2H2,1H3. The Morgan fingerprint density at radius 1 is 1.50 bits per heavy atom. The number of nitrogens with one attached hydrogen (secondary N) is 1. The molecule has 0 fully saturated rings. The Balaban J connectivity index is 3.82. The topological polar surface area (TPSA) is 23.9 Å². The van der Waals surface area contributed by atoms with Crippen molar-refractivity contribution in [3.8, 4) is 0 Å². The van der Waals surface area contributed by atoms with Gasteiger partial charge in [0.15, 0.2) is 0 Å². The van der Waals surface area contributed by atoms with Crippen LogP contribution < -0.4 is 0 Å². The van der Waals surface area contributed by atoms with Crippen LogP contribution in [-0.2, 0) is 0 Å². The average molecular weight is 125 g/mol. The van der Waals surface area contributed by atoms with Crippen molar-refractivity contribution in [3.63, 3.8) is 0 Å². The summed E-state index contributed by atoms with van der Waals surface area (Å²) in [7, 11) is 0. The Labute approximate surface area is 45.0 Å². The van der Waals surface area contributed by atoms with Gasteiger partial charge in [-0.25, -0.2) is 0 Å². The summed E-state index contributed by atoms with van der Waals surface area (Å²) in [6, 6.07) is 0. The molecule has 0 radical (unpaired) electrons. The van der Waals surface area contributed by atoms with Gasteiger partial charge in [-0.3, -0.25) is 0 Å². The minimum atomic E-state index is -4.41. The Morgan fingerprint density at radius 3 is 1.88 bits per heavy atom. The largest absolute Gasteiger partial charge is 0.428 e. The number of rotatable bonds is 1. The predicted octanol–water partition coefficient (Wildman–Crippen LogP) is 1.98. The number of hydrogen-bond acceptors (Lipinski definition) is 1. The SMILES string of the molecule is CCC(=N)C(F)(F)F. The molecule has 4 heteroatoms. The van der Waals surface area contributed by atoms with Gasteiger partial charge in [0, 0.05) is 0 Å². The lowest BCUT2D eigenvalue weighted by molar-refractivity contribution is -0.0610. The molecule has 0 aliphatic rings. The van der Waals surface area contributed by atoms with E-state index in [4.69, 9.17) is 5.41 Å². The molecule has 0 aromatic heterocycles. The molecule has 0 heterocycles. The lowest BCUT2D eigenvalue weighted by Gasteiger charge is -2.02. The third kappa shape index (κ3) is 1.95. The van der Waals surface area contributed by atoms with E-state index in [1.165, 1.54) is 6.92 Å². The Kier molecular flexibility index (Phi) is 2.01. The van der Waals surface area contributed by atoms with Crippen LogP contribution in [0.25, 0.3) is 0 Å². The lowest BCUT2D eigenvalue weighted by Crippen LogP contribution is -2.20. The molecule has 1 nitrogen and oxygen atoms in total. The maximum atomic E-state index is 11.2. The van der Waals surface area contributed by atoms with E-state index in [0.717, 1.165) is 0 Å². The molecule has 0 saturated heterocycles. The van der Waals surface area contributed by atoms with E-state index in [1.54, 1.807) is 0 Å². The highest BCUT2D eigenvalue weighted by Crippen LogP contribution is 2.17. The van der Waals surface area contributed by atoms with Crippen molar-refractivity contribution in [1.82, 2.24) is 0 Å². The van der Waals surface area contributed by atoms with Gasteiger partial charge < -0.3 is 5.41 Å². The first-order valence-electron chi connectivity index (χ1n) is 2.13. The fourth-order valence-corrected chi connectivity index (χ4v) is 0.200. The average Bonchev–Trinajstić information content (AvgIpc) is 1.62. The van der Waals surface area contributed by atoms with E-state index in [-0.39, 0.29) is 6.42 Å². The summed E-state index contributed by atoms with van der Waals surface area (Å²) in [5, 5.41) is 6.26. The third-order valence-corrected chi connectivity index (χ3v) is 0.696. The highest BCUT2D eigenvalue weighted by atomic mass is 19.4. The summed E-state index contributed by atoms with van der Waals surface area (Å²) in [5.41, 5.74) is -1.17. The molecular weight excluding hydrogens is 119 g/mol. The monoisotopic (exact) mass is 125 g/mol. The molecule has 8 heavy (non-hydrogen) atoms. The quantitative estimate of drug-likeness (QED) is 0.518. The summed E-state index contributed by atoms with van der Waals surface area (Å²) < 4.78 is 33.7. The smallest absolute Gasteiger partial charge is 0.301 e. The van der Waals surface area contributed by atoms with Crippen molar-refractivity contribution in [2.24, 2.45) is 0 Å². The summed E-state index contributed by atoms with van der Waals surface area (Å²) >= 11 is 0. The van der Waals surface area contributed by atoms with Crippen LogP contribution in [0.4, 0.5) is 13.2 Å². The molecule has 0 unspecified atom stereocenters. The van der Waals surface area contributed by atoms with Crippen LogP contribution in [0, 0.1) is 5.41 Å². The molecule has 0 rings (SSSR count). The second kappa shape index (κ2) is 2.15. The Bertz CT molecular complexity index is 93.9. The van der Waals surface area contributed by atoms with Crippen LogP contribution in [0.3, 0.4) is 0 Å². The van der Waals surface area contributed by atoms with E-state index >= 15 is 0 Å². The van der Waals surface area contributed by atoms with Gasteiger partial charge in [-0.05, 0) is 6.42 Å². The zero-order valence-electron chi connectivity index (χ0n) is 4.34. The highest BCUT2D eigenvalue weighted by Gasteiger charge is 2.32. The van der Waals surface area contributed by atoms with Crippen molar-refractivity contribution in [2.45, 2.75) is 19.5 Å². The number of alkyl halides is 3. The molecule has 0 saturated carbocycles. The highest BCUT2D eigenvalue weighted by molar-refractivity contribution is 5.86. The minimum Gasteiger partial charge on any atom is -0.301 e. The van der Waals surface area contributed by atoms with Crippen molar-refractivity contribution >= 4 is 5.71 Å². The van der Waals surface area contributed by atoms with Crippen LogP contribution in [0.2, 0.25) is 0 Å². The van der Waals surface area contributed by atoms with Gasteiger partial charge in [0.25, 0.3) is 0 Å². The summed E-state index contributed by atoms with van der Waals surface area (Å²) in [6.45, 7) is 1.30. The van der Waals surface area contributed by atoms with Crippen molar-refractivity contribution in [1.29, 1.82) is 5.41 Å². The van der Waals surface area contributed by atoms with Crippen LogP contribution >= 0.6 is 0 Å². The second-order valence-electron chi connectivity index (χ2n) is 1.33. The normalized spacial score (nSPS) is 11.5. The summed E-state index contributed by atoms with van der Waals surface area (Å²) in [5.74, 6) is 0. The molecule has 0 aromatic carbocycles. The van der Waals surface area contributed by atoms with E-state index in [0.29, 0.717) is 0 Å². The van der Waals surface area contributed by atoms with Gasteiger partial charge in [-0.2, -0.15) is 13.2 Å². The second-order valence-corrected chi connectivity index (χ2v) is 1.33. The lowest BCUT2D eigenvalue weighted by atomic mass is 10.3. The zero-order chi connectivity index (χ0) is 6.78. The minimum absolute atomic E-state index is 0.247. The summed E-state index contributed by atoms with van der Waals surface area (Å²) in [6.07, 6.45) is -4.65. The summed E-state index contributed by atoms with van der Waals surface area (Å²) in [4.78, 5) is 0. The van der Waals surface area contributed by atoms with E-state index in [2.05, 4.69) is 0 Å². The van der Waals surface area contributed by atoms with E-state index < -0.39 is 11.9 Å². The first-order valence-corrected chi connectivity index (χ1v) is 2.13. The van der Waals surface area contributed by atoms with Gasteiger partial charge in [0.1, 0.15) is 5.71 Å². The Hall–Kier alpha value is -0.540. The molecule has 0 aliphatic heterocycles. The van der Waals surface area contributed by atoms with Crippen molar-refractivity contribution in [2.75, 3.05) is 0 Å². The van der Waals surface area contributed by atoms with Gasteiger partial charge in [0.05, 0.1) is 0 Å². The Morgan fingerprint density at radius 2 is 1.88 bits per heavy atom. The molecule has 0 aliphatic carbocycles. The number of halogens is 3. The molecule has 0 atom stereocenters. The third-order valence-electron chi connectivity index (χ3n) is 0.696. The van der Waals surface area contributed by atoms with Crippen LogP contribution in [0.15, 0.2) is 0 Å². The molecule has 0 aromatic rings. The molecule has 48 valence electrons. The van der Waals surface area contributed by atoms with Crippen molar-refractivity contribution < 1.29 is 13.2 Å². The number of hydrogen-bond donors (Lipinski definition) is 1. The van der Waals surface area contributed by atoms with Crippen LogP contribution in [-0.4, -0.2) is 11.9 Å². The van der Waals surface area contributed by atoms with Gasteiger partial charge in [-0.15, -0.1) is 0 Å². The molecule has 1 N–H and O–H groups in total.